The molecule has 0 spiro atoms. The summed E-state index contributed by atoms with van der Waals surface area (Å²) in [4.78, 5) is 22.4. The van der Waals surface area contributed by atoms with E-state index in [2.05, 4.69) is 26.1 Å². The van der Waals surface area contributed by atoms with Crippen molar-refractivity contribution in [2.75, 3.05) is 5.32 Å². The van der Waals surface area contributed by atoms with Crippen molar-refractivity contribution < 1.29 is 18.9 Å². The van der Waals surface area contributed by atoms with Gasteiger partial charge in [-0.25, -0.2) is 0 Å². The highest BCUT2D eigenvalue weighted by Gasteiger charge is 2.14. The molecule has 1 heterocycles. The molecule has 3 aromatic rings. The van der Waals surface area contributed by atoms with Gasteiger partial charge in [0.25, 0.3) is 11.6 Å². The second-order valence-electron chi connectivity index (χ2n) is 7.59. The van der Waals surface area contributed by atoms with Crippen molar-refractivity contribution in [3.8, 4) is 5.75 Å². The lowest BCUT2D eigenvalue weighted by atomic mass is 9.87. The molecular weight excluding hydrogens is 372 g/mol. The lowest BCUT2D eigenvalue weighted by Gasteiger charge is -2.19. The fourth-order valence-corrected chi connectivity index (χ4v) is 2.64. The van der Waals surface area contributed by atoms with Gasteiger partial charge in [0, 0.05) is 17.8 Å². The van der Waals surface area contributed by atoms with Gasteiger partial charge in [-0.15, -0.1) is 0 Å². The Morgan fingerprint density at radius 2 is 1.69 bits per heavy atom. The first kappa shape index (κ1) is 20.1. The SMILES string of the molecule is CC(C)(C)c1ccc(OCc2ccc(C(=O)Nc3ccc([N+](=O)[O-])cc3)o2)cc1. The summed E-state index contributed by atoms with van der Waals surface area (Å²) in [6.07, 6.45) is 0. The molecule has 0 radical (unpaired) electrons. The van der Waals surface area contributed by atoms with Crippen LogP contribution in [0.1, 0.15) is 42.6 Å². The Balaban J connectivity index is 1.57. The van der Waals surface area contributed by atoms with E-state index in [1.165, 1.54) is 29.8 Å². The summed E-state index contributed by atoms with van der Waals surface area (Å²) < 4.78 is 11.3. The number of non-ortho nitro benzene ring substituents is 1. The third-order valence-corrected chi connectivity index (χ3v) is 4.32. The molecule has 2 aromatic carbocycles. The van der Waals surface area contributed by atoms with Gasteiger partial charge in [-0.2, -0.15) is 0 Å². The van der Waals surface area contributed by atoms with E-state index in [4.69, 9.17) is 9.15 Å². The number of anilines is 1. The molecule has 0 atom stereocenters. The molecule has 7 nitrogen and oxygen atoms in total. The van der Waals surface area contributed by atoms with Crippen molar-refractivity contribution in [1.82, 2.24) is 0 Å². The number of nitro benzene ring substituents is 1. The summed E-state index contributed by atoms with van der Waals surface area (Å²) in [7, 11) is 0. The normalized spacial score (nSPS) is 11.1. The molecule has 29 heavy (non-hydrogen) atoms. The number of hydrogen-bond acceptors (Lipinski definition) is 5. The second-order valence-corrected chi connectivity index (χ2v) is 7.59. The first-order valence-electron chi connectivity index (χ1n) is 9.10. The maximum Gasteiger partial charge on any atom is 0.291 e. The molecular formula is C22H22N2O5. The molecule has 0 bridgehead atoms. The summed E-state index contributed by atoms with van der Waals surface area (Å²) in [5, 5.41) is 13.3. The summed E-state index contributed by atoms with van der Waals surface area (Å²) in [5.41, 5.74) is 1.68. The molecule has 1 amide bonds. The molecule has 0 aliphatic carbocycles. The zero-order chi connectivity index (χ0) is 21.0. The van der Waals surface area contributed by atoms with Crippen LogP contribution in [0.2, 0.25) is 0 Å². The minimum atomic E-state index is -0.499. The molecule has 0 aliphatic heterocycles. The van der Waals surface area contributed by atoms with Crippen molar-refractivity contribution in [2.45, 2.75) is 32.8 Å². The Kier molecular flexibility index (Phi) is 5.68. The van der Waals surface area contributed by atoms with Crippen LogP contribution in [0.25, 0.3) is 0 Å². The van der Waals surface area contributed by atoms with Crippen LogP contribution < -0.4 is 10.1 Å². The van der Waals surface area contributed by atoms with E-state index in [0.29, 0.717) is 17.2 Å². The number of amides is 1. The molecule has 150 valence electrons. The zero-order valence-corrected chi connectivity index (χ0v) is 16.5. The molecule has 1 N–H and O–H groups in total. The monoisotopic (exact) mass is 394 g/mol. The summed E-state index contributed by atoms with van der Waals surface area (Å²) in [5.74, 6) is 0.912. The number of benzene rings is 2. The van der Waals surface area contributed by atoms with Crippen molar-refractivity contribution >= 4 is 17.3 Å². The van der Waals surface area contributed by atoms with Crippen LogP contribution in [0.15, 0.2) is 65.1 Å². The number of ether oxygens (including phenoxy) is 1. The van der Waals surface area contributed by atoms with Crippen molar-refractivity contribution in [3.05, 3.63) is 87.9 Å². The summed E-state index contributed by atoms with van der Waals surface area (Å²) in [6, 6.07) is 16.7. The lowest BCUT2D eigenvalue weighted by Crippen LogP contribution is -2.11. The highest BCUT2D eigenvalue weighted by molar-refractivity contribution is 6.02. The van der Waals surface area contributed by atoms with Gasteiger partial charge in [-0.05, 0) is 47.4 Å². The fraction of sp³-hybridized carbons (Fsp3) is 0.227. The number of carbonyl (C=O) groups is 1. The van der Waals surface area contributed by atoms with E-state index in [-0.39, 0.29) is 23.5 Å². The molecule has 0 saturated carbocycles. The molecule has 0 fully saturated rings. The van der Waals surface area contributed by atoms with Crippen molar-refractivity contribution in [3.63, 3.8) is 0 Å². The minimum absolute atomic E-state index is 0.0454. The number of carbonyl (C=O) groups excluding carboxylic acids is 1. The Morgan fingerprint density at radius 3 is 2.28 bits per heavy atom. The highest BCUT2D eigenvalue weighted by Crippen LogP contribution is 2.25. The van der Waals surface area contributed by atoms with E-state index in [9.17, 15) is 14.9 Å². The third kappa shape index (κ3) is 5.22. The summed E-state index contributed by atoms with van der Waals surface area (Å²) in [6.45, 7) is 6.64. The Hall–Kier alpha value is -3.61. The number of furan rings is 1. The van der Waals surface area contributed by atoms with Gasteiger partial charge >= 0.3 is 0 Å². The average Bonchev–Trinajstić information content (AvgIpc) is 3.16. The lowest BCUT2D eigenvalue weighted by molar-refractivity contribution is -0.384. The second kappa shape index (κ2) is 8.18. The van der Waals surface area contributed by atoms with Crippen molar-refractivity contribution in [2.24, 2.45) is 0 Å². The van der Waals surface area contributed by atoms with Crippen LogP contribution in [-0.4, -0.2) is 10.8 Å². The highest BCUT2D eigenvalue weighted by atomic mass is 16.6. The fourth-order valence-electron chi connectivity index (χ4n) is 2.64. The first-order chi connectivity index (χ1) is 13.7. The van der Waals surface area contributed by atoms with Crippen LogP contribution in [0, 0.1) is 10.1 Å². The average molecular weight is 394 g/mol. The smallest absolute Gasteiger partial charge is 0.291 e. The van der Waals surface area contributed by atoms with Gasteiger partial charge in [0.15, 0.2) is 5.76 Å². The minimum Gasteiger partial charge on any atom is -0.486 e. The molecule has 0 unspecified atom stereocenters. The maximum absolute atomic E-state index is 12.3. The summed E-state index contributed by atoms with van der Waals surface area (Å²) >= 11 is 0. The number of nitro groups is 1. The topological polar surface area (TPSA) is 94.6 Å². The number of hydrogen-bond donors (Lipinski definition) is 1. The van der Waals surface area contributed by atoms with E-state index in [0.717, 1.165) is 0 Å². The van der Waals surface area contributed by atoms with Crippen molar-refractivity contribution in [1.29, 1.82) is 0 Å². The quantitative estimate of drug-likeness (QED) is 0.451. The largest absolute Gasteiger partial charge is 0.486 e. The zero-order valence-electron chi connectivity index (χ0n) is 16.5. The standard InChI is InChI=1S/C22H22N2O5/c1-22(2,3)15-4-10-18(11-5-15)28-14-19-12-13-20(29-19)21(25)23-16-6-8-17(9-7-16)24(26)27/h4-13H,14H2,1-3H3,(H,23,25). The Morgan fingerprint density at radius 1 is 1.03 bits per heavy atom. The third-order valence-electron chi connectivity index (χ3n) is 4.32. The number of nitrogens with zero attached hydrogens (tertiary/aromatic N) is 1. The molecule has 1 aromatic heterocycles. The molecule has 0 saturated heterocycles. The van der Waals surface area contributed by atoms with E-state index >= 15 is 0 Å². The van der Waals surface area contributed by atoms with Gasteiger partial charge in [-0.1, -0.05) is 32.9 Å². The Labute approximate surface area is 168 Å². The van der Waals surface area contributed by atoms with Gasteiger partial charge in [-0.3, -0.25) is 14.9 Å². The number of rotatable bonds is 6. The van der Waals surface area contributed by atoms with Gasteiger partial charge in [0.1, 0.15) is 18.1 Å². The molecule has 0 aliphatic rings. The predicted molar refractivity (Wildman–Crippen MR) is 109 cm³/mol. The van der Waals surface area contributed by atoms with Crippen LogP contribution in [-0.2, 0) is 12.0 Å². The molecule has 7 heteroatoms. The first-order valence-corrected chi connectivity index (χ1v) is 9.10. The van der Waals surface area contributed by atoms with E-state index in [1.54, 1.807) is 12.1 Å². The van der Waals surface area contributed by atoms with Crippen LogP contribution >= 0.6 is 0 Å². The van der Waals surface area contributed by atoms with E-state index < -0.39 is 10.8 Å². The van der Waals surface area contributed by atoms with Crippen LogP contribution in [0.5, 0.6) is 5.75 Å². The van der Waals surface area contributed by atoms with Crippen LogP contribution in [0.3, 0.4) is 0 Å². The van der Waals surface area contributed by atoms with Gasteiger partial charge < -0.3 is 14.5 Å². The predicted octanol–water partition coefficient (Wildman–Crippen LogP) is 5.32. The maximum atomic E-state index is 12.3. The molecule has 3 rings (SSSR count). The number of nitrogens with one attached hydrogen (secondary N) is 1. The van der Waals surface area contributed by atoms with Crippen LogP contribution in [0.4, 0.5) is 11.4 Å². The Bertz CT molecular complexity index is 999. The van der Waals surface area contributed by atoms with E-state index in [1.807, 2.05) is 24.3 Å². The van der Waals surface area contributed by atoms with Gasteiger partial charge in [0.05, 0.1) is 4.92 Å². The van der Waals surface area contributed by atoms with Gasteiger partial charge in [0.2, 0.25) is 0 Å².